The summed E-state index contributed by atoms with van der Waals surface area (Å²) in [6, 6.07) is 2.08. The van der Waals surface area contributed by atoms with Crippen molar-refractivity contribution in [3.05, 3.63) is 0 Å². The Morgan fingerprint density at radius 2 is 1.62 bits per heavy atom. The summed E-state index contributed by atoms with van der Waals surface area (Å²) < 4.78 is 0. The Morgan fingerprint density at radius 3 is 2.05 bits per heavy atom. The first-order valence-corrected chi connectivity index (χ1v) is 9.03. The Morgan fingerprint density at radius 1 is 1.05 bits per heavy atom. The van der Waals surface area contributed by atoms with E-state index in [2.05, 4.69) is 56.9 Å². The molecule has 21 heavy (non-hydrogen) atoms. The van der Waals surface area contributed by atoms with E-state index in [-0.39, 0.29) is 0 Å². The van der Waals surface area contributed by atoms with E-state index in [0.717, 1.165) is 24.4 Å². The molecule has 2 rings (SSSR count). The lowest BCUT2D eigenvalue weighted by Crippen LogP contribution is -2.61. The second kappa shape index (κ2) is 7.43. The Hall–Kier alpha value is -0.120. The maximum Gasteiger partial charge on any atom is 0.0220 e. The van der Waals surface area contributed by atoms with E-state index in [1.54, 1.807) is 0 Å². The van der Waals surface area contributed by atoms with Gasteiger partial charge in [0.25, 0.3) is 0 Å². The minimum absolute atomic E-state index is 0.624. The summed E-state index contributed by atoms with van der Waals surface area (Å²) in [5, 5.41) is 4.08. The van der Waals surface area contributed by atoms with Crippen molar-refractivity contribution >= 4 is 0 Å². The molecule has 0 aromatic rings. The fourth-order valence-corrected chi connectivity index (χ4v) is 4.26. The third-order valence-corrected chi connectivity index (χ3v) is 5.61. The van der Waals surface area contributed by atoms with Gasteiger partial charge in [0.05, 0.1) is 0 Å². The van der Waals surface area contributed by atoms with Gasteiger partial charge in [-0.3, -0.25) is 0 Å². The van der Waals surface area contributed by atoms with Gasteiger partial charge in [-0.1, -0.05) is 20.3 Å². The van der Waals surface area contributed by atoms with E-state index in [1.807, 2.05) is 0 Å². The van der Waals surface area contributed by atoms with Crippen LogP contribution in [0.2, 0.25) is 0 Å². The predicted molar refractivity (Wildman–Crippen MR) is 91.6 cm³/mol. The van der Waals surface area contributed by atoms with Gasteiger partial charge >= 0.3 is 0 Å². The Bertz CT molecular complexity index is 300. The highest BCUT2D eigenvalue weighted by Gasteiger charge is 2.40. The van der Waals surface area contributed by atoms with Crippen LogP contribution in [0.25, 0.3) is 0 Å². The number of likely N-dealkylation sites (N-methyl/N-ethyl adjacent to an activating group) is 1. The van der Waals surface area contributed by atoms with Crippen LogP contribution in [0.3, 0.4) is 0 Å². The molecule has 1 saturated heterocycles. The topological polar surface area (TPSA) is 18.5 Å². The van der Waals surface area contributed by atoms with Crippen molar-refractivity contribution in [2.75, 3.05) is 33.7 Å². The first-order chi connectivity index (χ1) is 9.88. The highest BCUT2D eigenvalue weighted by atomic mass is 15.2. The molecule has 0 amide bonds. The Kier molecular flexibility index (Phi) is 6.10. The van der Waals surface area contributed by atoms with Gasteiger partial charge in [0.2, 0.25) is 0 Å². The lowest BCUT2D eigenvalue weighted by molar-refractivity contribution is 0.0207. The largest absolute Gasteiger partial charge is 0.309 e. The fraction of sp³-hybridized carbons (Fsp3) is 1.00. The van der Waals surface area contributed by atoms with Crippen molar-refractivity contribution in [3.63, 3.8) is 0 Å². The van der Waals surface area contributed by atoms with E-state index in [1.165, 1.54) is 32.4 Å². The average Bonchev–Trinajstić information content (AvgIpc) is 2.36. The Balaban J connectivity index is 2.02. The third-order valence-electron chi connectivity index (χ3n) is 5.61. The van der Waals surface area contributed by atoms with Gasteiger partial charge in [0.1, 0.15) is 0 Å². The fourth-order valence-electron chi connectivity index (χ4n) is 4.26. The van der Waals surface area contributed by atoms with Gasteiger partial charge in [-0.05, 0) is 58.5 Å². The zero-order chi connectivity index (χ0) is 15.6. The molecule has 2 fully saturated rings. The van der Waals surface area contributed by atoms with Gasteiger partial charge < -0.3 is 15.1 Å². The van der Waals surface area contributed by atoms with Crippen LogP contribution in [0.15, 0.2) is 0 Å². The SMILES string of the molecule is CC(C)C(CN(C)C)NC1C2CCCC1CN(C(C)C)C2. The van der Waals surface area contributed by atoms with E-state index in [4.69, 9.17) is 0 Å². The van der Waals surface area contributed by atoms with Gasteiger partial charge in [-0.25, -0.2) is 0 Å². The van der Waals surface area contributed by atoms with Crippen molar-refractivity contribution in [1.82, 2.24) is 15.1 Å². The second-order valence-electron chi connectivity index (χ2n) is 8.30. The van der Waals surface area contributed by atoms with E-state index in [9.17, 15) is 0 Å². The number of nitrogens with zero attached hydrogens (tertiary/aromatic N) is 2. The van der Waals surface area contributed by atoms with Crippen molar-refractivity contribution < 1.29 is 0 Å². The summed E-state index contributed by atoms with van der Waals surface area (Å²) in [7, 11) is 4.39. The van der Waals surface area contributed by atoms with Gasteiger partial charge in [0, 0.05) is 37.8 Å². The van der Waals surface area contributed by atoms with Crippen LogP contribution in [-0.4, -0.2) is 61.7 Å². The van der Waals surface area contributed by atoms with Crippen LogP contribution in [0.4, 0.5) is 0 Å². The van der Waals surface area contributed by atoms with Crippen LogP contribution in [0.1, 0.15) is 47.0 Å². The molecule has 2 aliphatic rings. The van der Waals surface area contributed by atoms with Crippen LogP contribution < -0.4 is 5.32 Å². The van der Waals surface area contributed by atoms with Gasteiger partial charge in [0.15, 0.2) is 0 Å². The molecule has 2 bridgehead atoms. The minimum Gasteiger partial charge on any atom is -0.309 e. The number of hydrogen-bond acceptors (Lipinski definition) is 3. The van der Waals surface area contributed by atoms with Gasteiger partial charge in [-0.15, -0.1) is 0 Å². The number of likely N-dealkylation sites (tertiary alicyclic amines) is 1. The molecule has 0 spiro atoms. The standard InChI is InChI=1S/C18H37N3/c1-13(2)17(12-20(5)6)19-18-15-8-7-9-16(18)11-21(10-15)14(3)4/h13-19H,7-12H2,1-6H3. The maximum absolute atomic E-state index is 4.08. The summed E-state index contributed by atoms with van der Waals surface area (Å²) in [6.07, 6.45) is 4.29. The smallest absolute Gasteiger partial charge is 0.0220 e. The minimum atomic E-state index is 0.624. The average molecular weight is 296 g/mol. The molecule has 1 heterocycles. The normalized spacial score (nSPS) is 32.1. The first kappa shape index (κ1) is 17.2. The number of rotatable bonds is 6. The molecule has 0 aromatic heterocycles. The number of hydrogen-bond donors (Lipinski definition) is 1. The first-order valence-electron chi connectivity index (χ1n) is 9.03. The molecule has 0 radical (unpaired) electrons. The molecular weight excluding hydrogens is 258 g/mol. The molecule has 3 nitrogen and oxygen atoms in total. The van der Waals surface area contributed by atoms with Crippen LogP contribution in [-0.2, 0) is 0 Å². The summed E-state index contributed by atoms with van der Waals surface area (Å²) >= 11 is 0. The quantitative estimate of drug-likeness (QED) is 0.813. The van der Waals surface area contributed by atoms with Crippen molar-refractivity contribution in [1.29, 1.82) is 0 Å². The summed E-state index contributed by atoms with van der Waals surface area (Å²) in [6.45, 7) is 13.2. The lowest BCUT2D eigenvalue weighted by Gasteiger charge is -2.50. The molecule has 1 N–H and O–H groups in total. The molecule has 1 aliphatic heterocycles. The molecular formula is C18H37N3. The van der Waals surface area contributed by atoms with Crippen LogP contribution in [0.5, 0.6) is 0 Å². The van der Waals surface area contributed by atoms with Crippen molar-refractivity contribution in [2.45, 2.75) is 65.1 Å². The molecule has 124 valence electrons. The highest BCUT2D eigenvalue weighted by molar-refractivity contribution is 4.97. The third kappa shape index (κ3) is 4.43. The van der Waals surface area contributed by atoms with Crippen molar-refractivity contribution in [2.24, 2.45) is 17.8 Å². The highest BCUT2D eigenvalue weighted by Crippen LogP contribution is 2.36. The summed E-state index contributed by atoms with van der Waals surface area (Å²) in [4.78, 5) is 5.04. The molecule has 3 atom stereocenters. The summed E-state index contributed by atoms with van der Waals surface area (Å²) in [5.41, 5.74) is 0. The second-order valence-corrected chi connectivity index (χ2v) is 8.30. The summed E-state index contributed by atoms with van der Waals surface area (Å²) in [5.74, 6) is 2.43. The van der Waals surface area contributed by atoms with E-state index >= 15 is 0 Å². The Labute approximate surface area is 132 Å². The molecule has 0 aromatic carbocycles. The molecule has 3 heteroatoms. The molecule has 3 unspecified atom stereocenters. The number of fused-ring (bicyclic) bond motifs is 2. The predicted octanol–water partition coefficient (Wildman–Crippen LogP) is 2.67. The lowest BCUT2D eigenvalue weighted by atomic mass is 9.72. The maximum atomic E-state index is 4.08. The van der Waals surface area contributed by atoms with E-state index < -0.39 is 0 Å². The molecule has 1 aliphatic carbocycles. The monoisotopic (exact) mass is 295 g/mol. The number of nitrogens with one attached hydrogen (secondary N) is 1. The van der Waals surface area contributed by atoms with Crippen LogP contribution >= 0.6 is 0 Å². The van der Waals surface area contributed by atoms with E-state index in [0.29, 0.717) is 18.0 Å². The molecule has 1 saturated carbocycles. The van der Waals surface area contributed by atoms with Crippen LogP contribution in [0, 0.1) is 17.8 Å². The zero-order valence-corrected chi connectivity index (χ0v) is 15.1. The number of piperidine rings is 1. The van der Waals surface area contributed by atoms with Crippen molar-refractivity contribution in [3.8, 4) is 0 Å². The van der Waals surface area contributed by atoms with Gasteiger partial charge in [-0.2, -0.15) is 0 Å². The zero-order valence-electron chi connectivity index (χ0n) is 15.1.